The molecule has 0 spiro atoms. The van der Waals surface area contributed by atoms with Crippen LogP contribution in [0, 0.1) is 0 Å². The lowest BCUT2D eigenvalue weighted by molar-refractivity contribution is -0.141. The Hall–Kier alpha value is -1.97. The van der Waals surface area contributed by atoms with E-state index in [-0.39, 0.29) is 16.0 Å². The number of hydrogen-bond donors (Lipinski definition) is 1. The molecule has 0 fully saturated rings. The number of fused-ring (bicyclic) bond motifs is 1. The zero-order chi connectivity index (χ0) is 18.4. The van der Waals surface area contributed by atoms with Crippen molar-refractivity contribution in [2.75, 3.05) is 7.11 Å². The van der Waals surface area contributed by atoms with Crippen molar-refractivity contribution in [3.63, 3.8) is 0 Å². The van der Waals surface area contributed by atoms with E-state index in [4.69, 9.17) is 4.74 Å². The molecule has 0 bridgehead atoms. The van der Waals surface area contributed by atoms with Gasteiger partial charge in [0.2, 0.25) is 0 Å². The summed E-state index contributed by atoms with van der Waals surface area (Å²) in [6.07, 6.45) is -6.43. The Morgan fingerprint density at radius 2 is 1.92 bits per heavy atom. The highest BCUT2D eigenvalue weighted by molar-refractivity contribution is 7.92. The van der Waals surface area contributed by atoms with Gasteiger partial charge in [-0.25, -0.2) is 8.42 Å². The van der Waals surface area contributed by atoms with Gasteiger partial charge in [0, 0.05) is 18.9 Å². The summed E-state index contributed by atoms with van der Waals surface area (Å²) in [7, 11) is -2.80. The quantitative estimate of drug-likeness (QED) is 0.895. The minimum absolute atomic E-state index is 0.0229. The molecule has 0 saturated heterocycles. The lowest BCUT2D eigenvalue weighted by Gasteiger charge is -2.25. The Balaban J connectivity index is 2.09. The molecular weight excluding hydrogens is 359 g/mol. The first-order valence-electron chi connectivity index (χ1n) is 7.24. The van der Waals surface area contributed by atoms with Crippen LogP contribution in [0.25, 0.3) is 0 Å². The van der Waals surface area contributed by atoms with E-state index in [9.17, 15) is 26.7 Å². The smallest absolute Gasteiger partial charge is 0.387 e. The lowest BCUT2D eigenvalue weighted by atomic mass is 9.98. The summed E-state index contributed by atoms with van der Waals surface area (Å²) in [6, 6.07) is 7.90. The average molecular weight is 373 g/mol. The van der Waals surface area contributed by atoms with Crippen molar-refractivity contribution in [2.45, 2.75) is 28.5 Å². The van der Waals surface area contributed by atoms with Crippen molar-refractivity contribution in [1.29, 1.82) is 0 Å². The van der Waals surface area contributed by atoms with Gasteiger partial charge >= 0.3 is 6.18 Å². The molecule has 0 aliphatic carbocycles. The lowest BCUT2D eigenvalue weighted by Crippen LogP contribution is -2.30. The summed E-state index contributed by atoms with van der Waals surface area (Å²) in [5, 5.41) is 9.03. The van der Waals surface area contributed by atoms with Crippen LogP contribution in [0.15, 0.2) is 47.5 Å². The second-order valence-corrected chi connectivity index (χ2v) is 7.69. The monoisotopic (exact) mass is 373 g/mol. The van der Waals surface area contributed by atoms with E-state index < -0.39 is 39.2 Å². The van der Waals surface area contributed by atoms with Crippen LogP contribution < -0.4 is 0 Å². The molecule has 134 valence electrons. The summed E-state index contributed by atoms with van der Waals surface area (Å²) in [5.41, 5.74) is -0.973. The van der Waals surface area contributed by atoms with E-state index in [2.05, 4.69) is 4.98 Å². The van der Waals surface area contributed by atoms with Gasteiger partial charge in [-0.2, -0.15) is 13.2 Å². The zero-order valence-electron chi connectivity index (χ0n) is 12.9. The number of sulfone groups is 1. The molecule has 1 aliphatic rings. The van der Waals surface area contributed by atoms with E-state index in [0.717, 1.165) is 12.3 Å². The third kappa shape index (κ3) is 2.92. The van der Waals surface area contributed by atoms with Gasteiger partial charge in [0.05, 0.1) is 4.90 Å². The minimum atomic E-state index is -4.68. The summed E-state index contributed by atoms with van der Waals surface area (Å²) in [4.78, 5) is 3.21. The predicted octanol–water partition coefficient (Wildman–Crippen LogP) is 2.68. The third-order valence-corrected chi connectivity index (χ3v) is 6.38. The Morgan fingerprint density at radius 1 is 1.24 bits per heavy atom. The maximum Gasteiger partial charge on any atom is 0.433 e. The fraction of sp³-hybridized carbons (Fsp3) is 0.312. The molecule has 1 aliphatic heterocycles. The van der Waals surface area contributed by atoms with Crippen molar-refractivity contribution in [3.8, 4) is 0 Å². The predicted molar refractivity (Wildman–Crippen MR) is 81.4 cm³/mol. The van der Waals surface area contributed by atoms with E-state index in [1.165, 1.54) is 31.4 Å². The third-order valence-electron chi connectivity index (χ3n) is 4.17. The molecule has 0 saturated carbocycles. The Bertz CT molecular complexity index is 898. The number of pyridine rings is 1. The second-order valence-electron chi connectivity index (χ2n) is 5.62. The van der Waals surface area contributed by atoms with Crippen molar-refractivity contribution in [2.24, 2.45) is 0 Å². The van der Waals surface area contributed by atoms with Crippen LogP contribution in [0.5, 0.6) is 0 Å². The largest absolute Gasteiger partial charge is 0.433 e. The number of aliphatic hydroxyl groups excluding tert-OH is 1. The number of rotatable bonds is 3. The van der Waals surface area contributed by atoms with E-state index in [1.54, 1.807) is 6.07 Å². The molecule has 2 heterocycles. The molecule has 25 heavy (non-hydrogen) atoms. The van der Waals surface area contributed by atoms with Gasteiger partial charge in [-0.1, -0.05) is 18.2 Å². The molecule has 5 nitrogen and oxygen atoms in total. The van der Waals surface area contributed by atoms with Gasteiger partial charge in [-0.3, -0.25) is 4.98 Å². The molecule has 0 radical (unpaired) electrons. The topological polar surface area (TPSA) is 76.5 Å². The van der Waals surface area contributed by atoms with Crippen LogP contribution in [0.1, 0.15) is 29.0 Å². The molecule has 1 aromatic heterocycles. The highest BCUT2D eigenvalue weighted by Crippen LogP contribution is 2.45. The molecule has 1 N–H and O–H groups in total. The van der Waals surface area contributed by atoms with Gasteiger partial charge in [-0.05, 0) is 23.8 Å². The Labute approximate surface area is 142 Å². The number of benzene rings is 1. The molecule has 3 atom stereocenters. The number of aliphatic hydroxyl groups is 1. The van der Waals surface area contributed by atoms with E-state index in [1.807, 2.05) is 0 Å². The van der Waals surface area contributed by atoms with Crippen LogP contribution in [-0.2, 0) is 20.8 Å². The first-order chi connectivity index (χ1) is 11.7. The fourth-order valence-corrected chi connectivity index (χ4v) is 5.20. The van der Waals surface area contributed by atoms with Crippen LogP contribution in [0.4, 0.5) is 13.2 Å². The van der Waals surface area contributed by atoms with Crippen LogP contribution >= 0.6 is 0 Å². The SMILES string of the molecule is COC(c1ccnc(C(F)(F)F)c1)C1C(O)c2ccccc2S1(=O)=O. The van der Waals surface area contributed by atoms with Crippen molar-refractivity contribution in [1.82, 2.24) is 4.98 Å². The normalized spacial score (nSPS) is 23.2. The van der Waals surface area contributed by atoms with Crippen LogP contribution in [0.3, 0.4) is 0 Å². The highest BCUT2D eigenvalue weighted by Gasteiger charge is 2.49. The van der Waals surface area contributed by atoms with Crippen LogP contribution in [0.2, 0.25) is 0 Å². The van der Waals surface area contributed by atoms with E-state index >= 15 is 0 Å². The number of ether oxygens (including phenoxy) is 1. The maximum atomic E-state index is 12.9. The zero-order valence-corrected chi connectivity index (χ0v) is 13.8. The molecule has 3 unspecified atom stereocenters. The number of alkyl halides is 3. The summed E-state index contributed by atoms with van der Waals surface area (Å²) in [5.74, 6) is 0. The van der Waals surface area contributed by atoms with Gasteiger partial charge in [0.15, 0.2) is 9.84 Å². The standard InChI is InChI=1S/C16H14F3NO4S/c1-24-14(9-6-7-20-12(8-9)16(17,18)19)15-13(21)10-4-2-3-5-11(10)25(15,22)23/h2-8,13-15,21H,1H3. The van der Waals surface area contributed by atoms with Crippen LogP contribution in [-0.4, -0.2) is 30.9 Å². The molecule has 2 aromatic rings. The fourth-order valence-electron chi connectivity index (χ4n) is 3.04. The first-order valence-corrected chi connectivity index (χ1v) is 8.79. The molecule has 0 amide bonds. The highest BCUT2D eigenvalue weighted by atomic mass is 32.2. The number of nitrogens with zero attached hydrogens (tertiary/aromatic N) is 1. The van der Waals surface area contributed by atoms with Gasteiger partial charge in [-0.15, -0.1) is 0 Å². The van der Waals surface area contributed by atoms with Crippen molar-refractivity contribution >= 4 is 9.84 Å². The average Bonchev–Trinajstić information content (AvgIpc) is 2.77. The van der Waals surface area contributed by atoms with Gasteiger partial charge in [0.1, 0.15) is 23.2 Å². The summed E-state index contributed by atoms with van der Waals surface area (Å²) < 4.78 is 69.4. The number of aromatic nitrogens is 1. The second kappa shape index (κ2) is 6.08. The van der Waals surface area contributed by atoms with Crippen molar-refractivity contribution < 1.29 is 31.4 Å². The number of hydrogen-bond acceptors (Lipinski definition) is 5. The molecule has 3 rings (SSSR count). The summed E-state index contributed by atoms with van der Waals surface area (Å²) >= 11 is 0. The van der Waals surface area contributed by atoms with E-state index in [0.29, 0.717) is 0 Å². The van der Waals surface area contributed by atoms with Crippen molar-refractivity contribution in [3.05, 3.63) is 59.4 Å². The number of halogens is 3. The Morgan fingerprint density at radius 3 is 2.52 bits per heavy atom. The van der Waals surface area contributed by atoms with Gasteiger partial charge in [0.25, 0.3) is 0 Å². The molecule has 1 aromatic carbocycles. The number of methoxy groups -OCH3 is 1. The minimum Gasteiger partial charge on any atom is -0.387 e. The first kappa shape index (κ1) is 17.8. The molecular formula is C16H14F3NO4S. The van der Waals surface area contributed by atoms with Gasteiger partial charge < -0.3 is 9.84 Å². The Kier molecular flexibility index (Phi) is 4.34. The maximum absolute atomic E-state index is 12.9. The molecule has 9 heteroatoms. The summed E-state index contributed by atoms with van der Waals surface area (Å²) in [6.45, 7) is 0.